The molecule has 1 aliphatic rings. The Kier molecular flexibility index (Phi) is 6.84. The van der Waals surface area contributed by atoms with Crippen molar-refractivity contribution in [3.05, 3.63) is 65.7 Å². The zero-order valence-corrected chi connectivity index (χ0v) is 16.1. The second-order valence-electron chi connectivity index (χ2n) is 7.12. The van der Waals surface area contributed by atoms with Gasteiger partial charge >= 0.3 is 12.0 Å². The summed E-state index contributed by atoms with van der Waals surface area (Å²) in [7, 11) is 0. The van der Waals surface area contributed by atoms with Crippen LogP contribution in [0.25, 0.3) is 0 Å². The number of nitrogens with zero attached hydrogens (tertiary/aromatic N) is 1. The van der Waals surface area contributed by atoms with Crippen molar-refractivity contribution in [1.82, 2.24) is 10.2 Å². The van der Waals surface area contributed by atoms with E-state index >= 15 is 0 Å². The van der Waals surface area contributed by atoms with Gasteiger partial charge in [0.2, 0.25) is 5.91 Å². The van der Waals surface area contributed by atoms with E-state index in [4.69, 9.17) is 5.11 Å². The fraction of sp³-hybridized carbons (Fsp3) is 0.318. The van der Waals surface area contributed by atoms with Gasteiger partial charge in [0.05, 0.1) is 5.56 Å². The van der Waals surface area contributed by atoms with E-state index in [-0.39, 0.29) is 23.5 Å². The molecule has 0 spiro atoms. The maximum atomic E-state index is 12.4. The molecule has 152 valence electrons. The number of rotatable bonds is 6. The molecule has 1 aliphatic heterocycles. The fourth-order valence-corrected chi connectivity index (χ4v) is 3.37. The van der Waals surface area contributed by atoms with Gasteiger partial charge in [0, 0.05) is 31.2 Å². The first kappa shape index (κ1) is 20.4. The van der Waals surface area contributed by atoms with Crippen LogP contribution >= 0.6 is 0 Å². The summed E-state index contributed by atoms with van der Waals surface area (Å²) in [5, 5.41) is 14.7. The van der Waals surface area contributed by atoms with Crippen molar-refractivity contribution in [3.8, 4) is 0 Å². The summed E-state index contributed by atoms with van der Waals surface area (Å²) in [6.45, 7) is 1.24. The molecular weight excluding hydrogens is 370 g/mol. The van der Waals surface area contributed by atoms with E-state index < -0.39 is 5.97 Å². The monoisotopic (exact) mass is 395 g/mol. The number of aromatic carboxylic acids is 1. The number of para-hydroxylation sites is 1. The number of hydrogen-bond acceptors (Lipinski definition) is 3. The maximum Gasteiger partial charge on any atom is 0.335 e. The van der Waals surface area contributed by atoms with E-state index in [2.05, 4.69) is 10.6 Å². The van der Waals surface area contributed by atoms with Crippen LogP contribution in [0.1, 0.15) is 35.2 Å². The molecule has 3 rings (SSSR count). The van der Waals surface area contributed by atoms with E-state index in [1.54, 1.807) is 24.3 Å². The Morgan fingerprint density at radius 1 is 0.966 bits per heavy atom. The fourth-order valence-electron chi connectivity index (χ4n) is 3.37. The summed E-state index contributed by atoms with van der Waals surface area (Å²) >= 11 is 0. The van der Waals surface area contributed by atoms with Gasteiger partial charge in [-0.15, -0.1) is 0 Å². The Morgan fingerprint density at radius 3 is 2.24 bits per heavy atom. The predicted octanol–water partition coefficient (Wildman–Crippen LogP) is 3.13. The van der Waals surface area contributed by atoms with E-state index in [0.717, 1.165) is 24.1 Å². The van der Waals surface area contributed by atoms with Crippen LogP contribution in [-0.2, 0) is 11.2 Å². The molecule has 3 amide bonds. The molecule has 1 heterocycles. The summed E-state index contributed by atoms with van der Waals surface area (Å²) < 4.78 is 0. The number of piperidine rings is 1. The molecule has 0 aliphatic carbocycles. The van der Waals surface area contributed by atoms with Crippen LogP contribution in [0, 0.1) is 0 Å². The normalized spacial score (nSPS) is 14.3. The Morgan fingerprint density at radius 2 is 1.62 bits per heavy atom. The number of urea groups is 1. The Bertz CT molecular complexity index is 844. The second kappa shape index (κ2) is 9.73. The lowest BCUT2D eigenvalue weighted by molar-refractivity contribution is -0.132. The predicted molar refractivity (Wildman–Crippen MR) is 110 cm³/mol. The first-order valence-electron chi connectivity index (χ1n) is 9.74. The van der Waals surface area contributed by atoms with Crippen LogP contribution < -0.4 is 10.6 Å². The smallest absolute Gasteiger partial charge is 0.335 e. The topological polar surface area (TPSA) is 98.7 Å². The van der Waals surface area contributed by atoms with Gasteiger partial charge in [0.1, 0.15) is 0 Å². The molecule has 0 bridgehead atoms. The van der Waals surface area contributed by atoms with E-state index in [9.17, 15) is 14.4 Å². The summed E-state index contributed by atoms with van der Waals surface area (Å²) in [5.41, 5.74) is 1.93. The zero-order valence-electron chi connectivity index (χ0n) is 16.1. The molecule has 1 saturated heterocycles. The van der Waals surface area contributed by atoms with Crippen LogP contribution in [0.4, 0.5) is 10.5 Å². The molecule has 1 fully saturated rings. The van der Waals surface area contributed by atoms with Gasteiger partial charge in [-0.05, 0) is 49.1 Å². The Balaban J connectivity index is 1.38. The van der Waals surface area contributed by atoms with Crippen molar-refractivity contribution < 1.29 is 19.5 Å². The van der Waals surface area contributed by atoms with Crippen molar-refractivity contribution in [2.75, 3.05) is 18.4 Å². The molecule has 7 nitrogen and oxygen atoms in total. The van der Waals surface area contributed by atoms with E-state index in [1.807, 2.05) is 35.2 Å². The third-order valence-corrected chi connectivity index (χ3v) is 5.04. The van der Waals surface area contributed by atoms with Gasteiger partial charge < -0.3 is 20.6 Å². The SMILES string of the molecule is O=C(Nc1ccccc1)NC1CCN(C(=O)CCc2ccc(C(=O)O)cc2)CC1. The lowest BCUT2D eigenvalue weighted by Gasteiger charge is -2.32. The van der Waals surface area contributed by atoms with Gasteiger partial charge in [0.25, 0.3) is 0 Å². The lowest BCUT2D eigenvalue weighted by atomic mass is 10.0. The number of amides is 3. The molecular formula is C22H25N3O4. The molecule has 0 unspecified atom stereocenters. The van der Waals surface area contributed by atoms with Crippen molar-refractivity contribution in [2.45, 2.75) is 31.7 Å². The quantitative estimate of drug-likeness (QED) is 0.700. The lowest BCUT2D eigenvalue weighted by Crippen LogP contribution is -2.47. The minimum atomic E-state index is -0.957. The molecule has 0 aromatic heterocycles. The van der Waals surface area contributed by atoms with Crippen molar-refractivity contribution in [2.24, 2.45) is 0 Å². The van der Waals surface area contributed by atoms with Gasteiger partial charge in [-0.3, -0.25) is 4.79 Å². The molecule has 3 N–H and O–H groups in total. The third kappa shape index (κ3) is 6.07. The molecule has 29 heavy (non-hydrogen) atoms. The highest BCUT2D eigenvalue weighted by Crippen LogP contribution is 2.14. The number of benzene rings is 2. The van der Waals surface area contributed by atoms with Crippen molar-refractivity contribution in [1.29, 1.82) is 0 Å². The van der Waals surface area contributed by atoms with Gasteiger partial charge in [-0.25, -0.2) is 9.59 Å². The number of carboxylic acid groups (broad SMARTS) is 1. The molecule has 2 aromatic carbocycles. The van der Waals surface area contributed by atoms with Crippen LogP contribution in [0.5, 0.6) is 0 Å². The van der Waals surface area contributed by atoms with Crippen LogP contribution in [0.2, 0.25) is 0 Å². The average Bonchev–Trinajstić information content (AvgIpc) is 2.73. The molecule has 2 aromatic rings. The number of anilines is 1. The van der Waals surface area contributed by atoms with Gasteiger partial charge in [-0.1, -0.05) is 30.3 Å². The number of aryl methyl sites for hydroxylation is 1. The number of nitrogens with one attached hydrogen (secondary N) is 2. The minimum Gasteiger partial charge on any atom is -0.478 e. The number of carbonyl (C=O) groups is 3. The summed E-state index contributed by atoms with van der Waals surface area (Å²) in [6, 6.07) is 15.7. The van der Waals surface area contributed by atoms with Crippen LogP contribution in [0.3, 0.4) is 0 Å². The first-order valence-corrected chi connectivity index (χ1v) is 9.74. The van der Waals surface area contributed by atoms with Gasteiger partial charge in [-0.2, -0.15) is 0 Å². The number of hydrogen-bond donors (Lipinski definition) is 3. The molecule has 7 heteroatoms. The number of likely N-dealkylation sites (tertiary alicyclic amines) is 1. The summed E-state index contributed by atoms with van der Waals surface area (Å²) in [5.74, 6) is -0.874. The van der Waals surface area contributed by atoms with Crippen molar-refractivity contribution >= 4 is 23.6 Å². The molecule has 0 atom stereocenters. The largest absolute Gasteiger partial charge is 0.478 e. The van der Waals surface area contributed by atoms with Gasteiger partial charge in [0.15, 0.2) is 0 Å². The first-order chi connectivity index (χ1) is 14.0. The Labute approximate surface area is 169 Å². The van der Waals surface area contributed by atoms with Crippen LogP contribution in [-0.4, -0.2) is 47.0 Å². The maximum absolute atomic E-state index is 12.4. The number of carboxylic acids is 1. The molecule has 0 saturated carbocycles. The van der Waals surface area contributed by atoms with E-state index in [0.29, 0.717) is 25.9 Å². The number of carbonyl (C=O) groups excluding carboxylic acids is 2. The standard InChI is InChI=1S/C22H25N3O4/c26-20(11-8-16-6-9-17(10-7-16)21(27)28)25-14-12-19(13-15-25)24-22(29)23-18-4-2-1-3-5-18/h1-7,9-10,19H,8,11-15H2,(H,27,28)(H2,23,24,29). The highest BCUT2D eigenvalue weighted by Gasteiger charge is 2.23. The highest BCUT2D eigenvalue weighted by molar-refractivity contribution is 5.89. The minimum absolute atomic E-state index is 0.0475. The van der Waals surface area contributed by atoms with E-state index in [1.165, 1.54) is 0 Å². The zero-order chi connectivity index (χ0) is 20.6. The Hall–Kier alpha value is -3.35. The average molecular weight is 395 g/mol. The molecule has 0 radical (unpaired) electrons. The third-order valence-electron chi connectivity index (χ3n) is 5.04. The van der Waals surface area contributed by atoms with Crippen LogP contribution in [0.15, 0.2) is 54.6 Å². The highest BCUT2D eigenvalue weighted by atomic mass is 16.4. The summed E-state index contributed by atoms with van der Waals surface area (Å²) in [6.07, 6.45) is 2.41. The second-order valence-corrected chi connectivity index (χ2v) is 7.12. The van der Waals surface area contributed by atoms with Crippen molar-refractivity contribution in [3.63, 3.8) is 0 Å². The summed E-state index contributed by atoms with van der Waals surface area (Å²) in [4.78, 5) is 37.2.